The van der Waals surface area contributed by atoms with E-state index in [1.54, 1.807) is 0 Å². The smallest absolute Gasteiger partial charge is 0.249 e. The highest BCUT2D eigenvalue weighted by molar-refractivity contribution is 5.79. The quantitative estimate of drug-likeness (QED) is 0.263. The van der Waals surface area contributed by atoms with Gasteiger partial charge in [0, 0.05) is 0 Å². The minimum Gasteiger partial charge on any atom is -0.394 e. The fourth-order valence-corrected chi connectivity index (χ4v) is 0.691. The van der Waals surface area contributed by atoms with Gasteiger partial charge >= 0.3 is 0 Å². The zero-order valence-electron chi connectivity index (χ0n) is 6.74. The Labute approximate surface area is 74.0 Å². The van der Waals surface area contributed by atoms with Crippen LogP contribution in [0.25, 0.3) is 0 Å². The molecular weight excluding hydrogens is 182 g/mol. The molecule has 0 aliphatic carbocycles. The number of aliphatic hydroxyl groups excluding tert-OH is 5. The number of carbonyl (C=O) groups excluding carboxylic acids is 1. The number of hydrogen-bond acceptors (Lipinski definition) is 6. The largest absolute Gasteiger partial charge is 0.394 e. The van der Waals surface area contributed by atoms with E-state index < -0.39 is 36.9 Å². The molecule has 0 rings (SSSR count). The normalized spacial score (nSPS) is 20.4. The zero-order valence-corrected chi connectivity index (χ0v) is 6.74. The predicted molar refractivity (Wildman–Crippen MR) is 40.3 cm³/mol. The summed E-state index contributed by atoms with van der Waals surface area (Å²) in [5, 5.41) is 44.0. The summed E-state index contributed by atoms with van der Waals surface area (Å²) in [6.45, 7) is -0.802. The van der Waals surface area contributed by atoms with E-state index in [4.69, 9.17) is 25.5 Å². The molecule has 4 atom stereocenters. The first-order valence-electron chi connectivity index (χ1n) is 3.54. The number of nitrogens with two attached hydrogens (primary N) is 1. The Kier molecular flexibility index (Phi) is 4.81. The Morgan fingerprint density at radius 1 is 1.15 bits per heavy atom. The highest BCUT2D eigenvalue weighted by Gasteiger charge is 2.32. The molecular formula is C6H13NO6. The molecule has 0 spiro atoms. The molecule has 13 heavy (non-hydrogen) atoms. The van der Waals surface area contributed by atoms with Crippen molar-refractivity contribution in [2.24, 2.45) is 5.73 Å². The molecule has 7 heteroatoms. The van der Waals surface area contributed by atoms with Crippen molar-refractivity contribution in [1.29, 1.82) is 0 Å². The van der Waals surface area contributed by atoms with Gasteiger partial charge in [-0.15, -0.1) is 0 Å². The zero-order chi connectivity index (χ0) is 10.6. The summed E-state index contributed by atoms with van der Waals surface area (Å²) < 4.78 is 0. The van der Waals surface area contributed by atoms with Crippen molar-refractivity contribution in [1.82, 2.24) is 0 Å². The van der Waals surface area contributed by atoms with Crippen LogP contribution in [0.4, 0.5) is 0 Å². The van der Waals surface area contributed by atoms with Crippen molar-refractivity contribution in [3.8, 4) is 0 Å². The first kappa shape index (κ1) is 12.3. The average Bonchev–Trinajstić information content (AvgIpc) is 2.12. The molecule has 1 amide bonds. The topological polar surface area (TPSA) is 144 Å². The van der Waals surface area contributed by atoms with E-state index in [1.807, 2.05) is 0 Å². The highest BCUT2D eigenvalue weighted by Crippen LogP contribution is 2.04. The van der Waals surface area contributed by atoms with E-state index in [-0.39, 0.29) is 0 Å². The third-order valence-corrected chi connectivity index (χ3v) is 1.55. The van der Waals surface area contributed by atoms with Crippen LogP contribution in [0, 0.1) is 0 Å². The molecule has 7 nitrogen and oxygen atoms in total. The highest BCUT2D eigenvalue weighted by atomic mass is 16.4. The lowest BCUT2D eigenvalue weighted by Crippen LogP contribution is -2.50. The maximum atomic E-state index is 10.3. The van der Waals surface area contributed by atoms with E-state index >= 15 is 0 Å². The number of hydrogen-bond donors (Lipinski definition) is 6. The van der Waals surface area contributed by atoms with E-state index in [2.05, 4.69) is 5.73 Å². The van der Waals surface area contributed by atoms with Gasteiger partial charge in [-0.3, -0.25) is 4.79 Å². The van der Waals surface area contributed by atoms with Gasteiger partial charge in [0.15, 0.2) is 6.10 Å². The molecule has 0 saturated heterocycles. The van der Waals surface area contributed by atoms with Crippen molar-refractivity contribution in [2.75, 3.05) is 6.61 Å². The summed E-state index contributed by atoms with van der Waals surface area (Å²) in [5.74, 6) is -1.23. The Morgan fingerprint density at radius 3 is 1.92 bits per heavy atom. The van der Waals surface area contributed by atoms with E-state index in [9.17, 15) is 4.79 Å². The lowest BCUT2D eigenvalue weighted by molar-refractivity contribution is -0.146. The van der Waals surface area contributed by atoms with Crippen molar-refractivity contribution < 1.29 is 30.3 Å². The molecule has 0 aliphatic heterocycles. The fraction of sp³-hybridized carbons (Fsp3) is 0.833. The Morgan fingerprint density at radius 2 is 1.62 bits per heavy atom. The summed E-state index contributed by atoms with van der Waals surface area (Å²) >= 11 is 0. The SMILES string of the molecule is NC(=O)[C@@H](O)[C@@H](O)[C@@H](O)[C@H](O)CO. The number of primary amides is 1. The lowest BCUT2D eigenvalue weighted by atomic mass is 10.0. The van der Waals surface area contributed by atoms with Gasteiger partial charge in [-0.05, 0) is 0 Å². The van der Waals surface area contributed by atoms with E-state index in [0.29, 0.717) is 0 Å². The Hall–Kier alpha value is -0.730. The second-order valence-corrected chi connectivity index (χ2v) is 2.58. The van der Waals surface area contributed by atoms with Crippen LogP contribution in [0.1, 0.15) is 0 Å². The van der Waals surface area contributed by atoms with Crippen LogP contribution >= 0.6 is 0 Å². The van der Waals surface area contributed by atoms with Crippen LogP contribution in [0.3, 0.4) is 0 Å². The third-order valence-electron chi connectivity index (χ3n) is 1.55. The number of rotatable bonds is 5. The Bertz CT molecular complexity index is 175. The summed E-state index contributed by atoms with van der Waals surface area (Å²) in [4.78, 5) is 10.3. The van der Waals surface area contributed by atoms with Crippen LogP contribution in [0.2, 0.25) is 0 Å². The monoisotopic (exact) mass is 195 g/mol. The van der Waals surface area contributed by atoms with Crippen molar-refractivity contribution in [2.45, 2.75) is 24.4 Å². The Balaban J connectivity index is 4.24. The van der Waals surface area contributed by atoms with E-state index in [1.165, 1.54) is 0 Å². The van der Waals surface area contributed by atoms with Gasteiger partial charge in [0.1, 0.15) is 18.3 Å². The first-order chi connectivity index (χ1) is 5.91. The molecule has 0 radical (unpaired) electrons. The minimum atomic E-state index is -1.98. The molecule has 0 aromatic carbocycles. The molecule has 7 N–H and O–H groups in total. The molecule has 0 bridgehead atoms. The van der Waals surface area contributed by atoms with Crippen LogP contribution in [-0.4, -0.2) is 62.5 Å². The summed E-state index contributed by atoms with van der Waals surface area (Å²) in [7, 11) is 0. The number of amides is 1. The second-order valence-electron chi connectivity index (χ2n) is 2.58. The maximum Gasteiger partial charge on any atom is 0.249 e. The fourth-order valence-electron chi connectivity index (χ4n) is 0.691. The van der Waals surface area contributed by atoms with Crippen LogP contribution in [0.15, 0.2) is 0 Å². The summed E-state index contributed by atoms with van der Waals surface area (Å²) in [6.07, 6.45) is -7.35. The molecule has 0 aliphatic rings. The maximum absolute atomic E-state index is 10.3. The van der Waals surface area contributed by atoms with Crippen LogP contribution in [-0.2, 0) is 4.79 Å². The van der Waals surface area contributed by atoms with Gasteiger partial charge < -0.3 is 31.3 Å². The van der Waals surface area contributed by atoms with Gasteiger partial charge in [0.05, 0.1) is 6.61 Å². The second kappa shape index (κ2) is 5.10. The van der Waals surface area contributed by atoms with Crippen molar-refractivity contribution >= 4 is 5.91 Å². The van der Waals surface area contributed by atoms with Crippen LogP contribution < -0.4 is 5.73 Å². The molecule has 0 aromatic rings. The number of carbonyl (C=O) groups is 1. The van der Waals surface area contributed by atoms with Crippen molar-refractivity contribution in [3.63, 3.8) is 0 Å². The van der Waals surface area contributed by atoms with Gasteiger partial charge in [-0.1, -0.05) is 0 Å². The first-order valence-corrected chi connectivity index (χ1v) is 3.54. The molecule has 0 heterocycles. The standard InChI is InChI=1S/C6H13NO6/c7-6(13)5(12)4(11)3(10)2(9)1-8/h2-5,8-12H,1H2,(H2,7,13)/t2-,3+,4+,5+/m1/s1. The summed E-state index contributed by atoms with van der Waals surface area (Å²) in [5.41, 5.74) is 4.61. The lowest BCUT2D eigenvalue weighted by Gasteiger charge is -2.23. The van der Waals surface area contributed by atoms with Gasteiger partial charge in [-0.2, -0.15) is 0 Å². The predicted octanol–water partition coefficient (Wildman–Crippen LogP) is -4.09. The van der Waals surface area contributed by atoms with E-state index in [0.717, 1.165) is 0 Å². The van der Waals surface area contributed by atoms with Gasteiger partial charge in [-0.25, -0.2) is 0 Å². The number of aliphatic hydroxyl groups is 5. The molecule has 0 saturated carbocycles. The molecule has 0 aromatic heterocycles. The third kappa shape index (κ3) is 3.25. The van der Waals surface area contributed by atoms with Gasteiger partial charge in [0.25, 0.3) is 0 Å². The molecule has 0 unspecified atom stereocenters. The van der Waals surface area contributed by atoms with Crippen LogP contribution in [0.5, 0.6) is 0 Å². The minimum absolute atomic E-state index is 0.802. The molecule has 78 valence electrons. The molecule has 0 fully saturated rings. The average molecular weight is 195 g/mol. The van der Waals surface area contributed by atoms with Gasteiger partial charge in [0.2, 0.25) is 5.91 Å². The van der Waals surface area contributed by atoms with Crippen molar-refractivity contribution in [3.05, 3.63) is 0 Å². The summed E-state index contributed by atoms with van der Waals surface area (Å²) in [6, 6.07) is 0.